The fourth-order valence-corrected chi connectivity index (χ4v) is 6.31. The number of alkyl halides is 1. The Morgan fingerprint density at radius 2 is 1.74 bits per heavy atom. The van der Waals surface area contributed by atoms with Crippen molar-refractivity contribution in [3.8, 4) is 0 Å². The van der Waals surface area contributed by atoms with Crippen LogP contribution in [0.4, 0.5) is 0 Å². The lowest BCUT2D eigenvalue weighted by molar-refractivity contribution is -0.133. The van der Waals surface area contributed by atoms with Crippen LogP contribution in [0.25, 0.3) is 0 Å². The predicted octanol–water partition coefficient (Wildman–Crippen LogP) is 4.45. The summed E-state index contributed by atoms with van der Waals surface area (Å²) in [6.07, 6.45) is 1.93. The second kappa shape index (κ2) is 15.9. The molecule has 1 saturated heterocycles. The molecule has 10 heteroatoms. The minimum atomic E-state index is -0.419. The Hall–Kier alpha value is -3.15. The van der Waals surface area contributed by atoms with Gasteiger partial charge >= 0.3 is 0 Å². The summed E-state index contributed by atoms with van der Waals surface area (Å²) in [5.74, 6) is -0.0370. The molecule has 0 spiro atoms. The maximum atomic E-state index is 14.0. The molecule has 1 aliphatic rings. The smallest absolute Gasteiger partial charge is 0.251 e. The number of hydrogen-bond acceptors (Lipinski definition) is 4. The van der Waals surface area contributed by atoms with E-state index in [1.165, 1.54) is 0 Å². The highest BCUT2D eigenvalue weighted by atomic mass is 127. The summed E-state index contributed by atoms with van der Waals surface area (Å²) in [5, 5.41) is 7.25. The highest BCUT2D eigenvalue weighted by Crippen LogP contribution is 2.27. The standard InChI is InChI=1S/C32H38ClIN6O2/c33-28-14-13-24(18-25(28)19-34)30(41)38-20-26-15-17-40(31(42)29(39-26)12-7-16-37-32(35)36)21-27(22-8-3-1-4-9-22)23-10-5-2-6-11-23/h1-6,8-11,13-14,18,26-27,29,39H,7,12,15-17,19-21H2,(H,38,41)(H4,35,36,37)/t26-,29-/m0/s1. The highest BCUT2D eigenvalue weighted by molar-refractivity contribution is 14.1. The molecule has 0 unspecified atom stereocenters. The van der Waals surface area contributed by atoms with Crippen LogP contribution in [0.3, 0.4) is 0 Å². The number of aliphatic imine (C=N–C) groups is 1. The van der Waals surface area contributed by atoms with Crippen LogP contribution in [0.5, 0.6) is 0 Å². The quantitative estimate of drug-likeness (QED) is 0.0731. The number of carbonyl (C=O) groups excluding carboxylic acids is 2. The normalized spacial score (nSPS) is 17.1. The van der Waals surface area contributed by atoms with Crippen molar-refractivity contribution in [2.24, 2.45) is 16.5 Å². The van der Waals surface area contributed by atoms with Crippen molar-refractivity contribution in [1.29, 1.82) is 0 Å². The lowest BCUT2D eigenvalue weighted by atomic mass is 9.90. The zero-order chi connectivity index (χ0) is 29.9. The van der Waals surface area contributed by atoms with Gasteiger partial charge < -0.3 is 27.0 Å². The molecule has 3 aromatic carbocycles. The van der Waals surface area contributed by atoms with Gasteiger partial charge in [-0.25, -0.2) is 0 Å². The van der Waals surface area contributed by atoms with Gasteiger partial charge in [-0.3, -0.25) is 14.6 Å². The van der Waals surface area contributed by atoms with E-state index < -0.39 is 6.04 Å². The van der Waals surface area contributed by atoms with Crippen molar-refractivity contribution in [3.63, 3.8) is 0 Å². The molecule has 222 valence electrons. The van der Waals surface area contributed by atoms with E-state index in [1.54, 1.807) is 12.1 Å². The molecule has 3 aromatic rings. The molecule has 0 saturated carbocycles. The first-order valence-electron chi connectivity index (χ1n) is 14.2. The molecule has 0 radical (unpaired) electrons. The number of nitrogens with two attached hydrogens (primary N) is 2. The second-order valence-corrected chi connectivity index (χ2v) is 11.6. The Morgan fingerprint density at radius 1 is 1.07 bits per heavy atom. The van der Waals surface area contributed by atoms with Crippen molar-refractivity contribution in [1.82, 2.24) is 15.5 Å². The van der Waals surface area contributed by atoms with Crippen LogP contribution in [0, 0.1) is 0 Å². The van der Waals surface area contributed by atoms with E-state index >= 15 is 0 Å². The lowest BCUT2D eigenvalue weighted by Gasteiger charge is -2.29. The molecule has 6 N–H and O–H groups in total. The van der Waals surface area contributed by atoms with Gasteiger partial charge in [0.05, 0.1) is 6.04 Å². The van der Waals surface area contributed by atoms with Crippen molar-refractivity contribution in [2.75, 3.05) is 26.2 Å². The van der Waals surface area contributed by atoms with E-state index in [4.69, 9.17) is 23.1 Å². The molecule has 2 atom stereocenters. The number of benzene rings is 3. The van der Waals surface area contributed by atoms with Gasteiger partial charge in [-0.05, 0) is 54.2 Å². The average molecular weight is 701 g/mol. The molecule has 0 bridgehead atoms. The van der Waals surface area contributed by atoms with Crippen LogP contribution in [0.15, 0.2) is 83.9 Å². The lowest BCUT2D eigenvalue weighted by Crippen LogP contribution is -2.49. The van der Waals surface area contributed by atoms with Gasteiger partial charge in [0.15, 0.2) is 5.96 Å². The van der Waals surface area contributed by atoms with Gasteiger partial charge in [-0.15, -0.1) is 0 Å². The summed E-state index contributed by atoms with van der Waals surface area (Å²) in [4.78, 5) is 33.0. The first kappa shape index (κ1) is 31.8. The highest BCUT2D eigenvalue weighted by Gasteiger charge is 2.32. The minimum absolute atomic E-state index is 0.0342. The minimum Gasteiger partial charge on any atom is -0.370 e. The molecular weight excluding hydrogens is 663 g/mol. The first-order chi connectivity index (χ1) is 20.4. The van der Waals surface area contributed by atoms with Gasteiger partial charge in [0, 0.05) is 53.2 Å². The third kappa shape index (κ3) is 8.92. The zero-order valence-corrected chi connectivity index (χ0v) is 26.4. The molecule has 1 fully saturated rings. The van der Waals surface area contributed by atoms with Gasteiger partial charge in [0.2, 0.25) is 5.91 Å². The van der Waals surface area contributed by atoms with Crippen LogP contribution >= 0.6 is 34.2 Å². The molecular formula is C32H38ClIN6O2. The third-order valence-corrected chi connectivity index (χ3v) is 8.70. The third-order valence-electron chi connectivity index (χ3n) is 7.51. The number of amides is 2. The molecule has 0 aliphatic carbocycles. The Morgan fingerprint density at radius 3 is 2.36 bits per heavy atom. The fraction of sp³-hybridized carbons (Fsp3) is 0.344. The Labute approximate surface area is 266 Å². The summed E-state index contributed by atoms with van der Waals surface area (Å²) in [5.41, 5.74) is 14.8. The summed E-state index contributed by atoms with van der Waals surface area (Å²) < 4.78 is 0.717. The van der Waals surface area contributed by atoms with Crippen LogP contribution in [0.1, 0.15) is 52.2 Å². The van der Waals surface area contributed by atoms with E-state index in [0.717, 1.165) is 16.7 Å². The maximum Gasteiger partial charge on any atom is 0.251 e. The number of nitrogens with zero attached hydrogens (tertiary/aromatic N) is 2. The fourth-order valence-electron chi connectivity index (χ4n) is 5.26. The van der Waals surface area contributed by atoms with Gasteiger partial charge in [-0.1, -0.05) is 94.9 Å². The molecule has 1 aliphatic heterocycles. The zero-order valence-electron chi connectivity index (χ0n) is 23.5. The predicted molar refractivity (Wildman–Crippen MR) is 178 cm³/mol. The van der Waals surface area contributed by atoms with E-state index in [1.807, 2.05) is 47.4 Å². The number of guanidine groups is 1. The molecule has 8 nitrogen and oxygen atoms in total. The maximum absolute atomic E-state index is 14.0. The number of halogens is 2. The molecule has 4 rings (SSSR count). The molecule has 1 heterocycles. The largest absolute Gasteiger partial charge is 0.370 e. The van der Waals surface area contributed by atoms with Crippen molar-refractivity contribution in [2.45, 2.75) is 41.7 Å². The topological polar surface area (TPSA) is 126 Å². The summed E-state index contributed by atoms with van der Waals surface area (Å²) in [7, 11) is 0. The number of carbonyl (C=O) groups is 2. The van der Waals surface area contributed by atoms with E-state index in [0.29, 0.717) is 60.5 Å². The van der Waals surface area contributed by atoms with Crippen LogP contribution in [-0.2, 0) is 9.22 Å². The van der Waals surface area contributed by atoms with E-state index in [2.05, 4.69) is 62.5 Å². The summed E-state index contributed by atoms with van der Waals surface area (Å²) in [6, 6.07) is 25.4. The number of hydrogen-bond donors (Lipinski definition) is 4. The Balaban J connectivity index is 1.50. The van der Waals surface area contributed by atoms with Crippen molar-refractivity contribution in [3.05, 3.63) is 106 Å². The second-order valence-electron chi connectivity index (χ2n) is 10.5. The Kier molecular flexibility index (Phi) is 12.0. The van der Waals surface area contributed by atoms with E-state index in [-0.39, 0.29) is 29.7 Å². The van der Waals surface area contributed by atoms with Crippen molar-refractivity contribution < 1.29 is 9.59 Å². The SMILES string of the molecule is NC(N)=NCCC[C@@H]1N[C@H](CNC(=O)c2ccc(Cl)c(CI)c2)CCN(CC(c2ccccc2)c2ccccc2)C1=O. The number of nitrogens with one attached hydrogen (secondary N) is 2. The summed E-state index contributed by atoms with van der Waals surface area (Å²) >= 11 is 8.47. The van der Waals surface area contributed by atoms with E-state index in [9.17, 15) is 9.59 Å². The van der Waals surface area contributed by atoms with Gasteiger partial charge in [-0.2, -0.15) is 0 Å². The molecule has 42 heavy (non-hydrogen) atoms. The number of rotatable bonds is 12. The Bertz CT molecular complexity index is 1310. The van der Waals surface area contributed by atoms with Gasteiger partial charge in [0.1, 0.15) is 0 Å². The van der Waals surface area contributed by atoms with Gasteiger partial charge in [0.25, 0.3) is 5.91 Å². The average Bonchev–Trinajstić information content (AvgIpc) is 3.15. The van der Waals surface area contributed by atoms with Crippen LogP contribution in [-0.4, -0.2) is 60.9 Å². The summed E-state index contributed by atoms with van der Waals surface area (Å²) in [6.45, 7) is 1.98. The molecule has 2 amide bonds. The monoisotopic (exact) mass is 700 g/mol. The first-order valence-corrected chi connectivity index (χ1v) is 16.1. The van der Waals surface area contributed by atoms with Crippen LogP contribution in [0.2, 0.25) is 5.02 Å². The van der Waals surface area contributed by atoms with Crippen LogP contribution < -0.4 is 22.1 Å². The molecule has 0 aromatic heterocycles. The van der Waals surface area contributed by atoms with Crippen molar-refractivity contribution >= 4 is 52.0 Å².